The fourth-order valence-corrected chi connectivity index (χ4v) is 1.53. The number of amides is 2. The van der Waals surface area contributed by atoms with Crippen LogP contribution >= 0.6 is 0 Å². The predicted molar refractivity (Wildman–Crippen MR) is 52.0 cm³/mol. The average Bonchev–Trinajstić information content (AvgIpc) is 2.45. The van der Waals surface area contributed by atoms with E-state index in [-0.39, 0.29) is 18.4 Å². The molecule has 0 N–H and O–H groups in total. The van der Waals surface area contributed by atoms with Gasteiger partial charge in [-0.1, -0.05) is 18.2 Å². The van der Waals surface area contributed by atoms with Gasteiger partial charge in [0.25, 0.3) is 11.8 Å². The van der Waals surface area contributed by atoms with Gasteiger partial charge in [0.15, 0.2) is 0 Å². The summed E-state index contributed by atoms with van der Waals surface area (Å²) in [4.78, 5) is 24.5. The molecular formula is C11H9NO2. The number of nitrogens with zero attached hydrogens (tertiary/aromatic N) is 1. The van der Waals surface area contributed by atoms with Crippen LogP contribution in [0.25, 0.3) is 0 Å². The molecule has 0 bridgehead atoms. The molecule has 0 atom stereocenters. The molecule has 1 aliphatic rings. The van der Waals surface area contributed by atoms with Crippen LogP contribution < -0.4 is 0 Å². The quantitative estimate of drug-likeness (QED) is 0.521. The number of carbonyl (C=O) groups excluding carboxylic acids is 2. The van der Waals surface area contributed by atoms with Gasteiger partial charge < -0.3 is 0 Å². The molecule has 0 radical (unpaired) electrons. The summed E-state index contributed by atoms with van der Waals surface area (Å²) >= 11 is 0. The molecule has 14 heavy (non-hydrogen) atoms. The minimum absolute atomic E-state index is 0.231. The molecule has 1 aliphatic heterocycles. The Morgan fingerprint density at radius 2 is 2.14 bits per heavy atom. The molecule has 1 aromatic carbocycles. The molecule has 2 rings (SSSR count). The van der Waals surface area contributed by atoms with Crippen molar-refractivity contribution in [3.8, 4) is 0 Å². The third kappa shape index (κ3) is 1.06. The van der Waals surface area contributed by atoms with E-state index in [0.29, 0.717) is 11.1 Å². The topological polar surface area (TPSA) is 37.4 Å². The zero-order valence-corrected chi connectivity index (χ0v) is 7.56. The summed E-state index contributed by atoms with van der Waals surface area (Å²) in [6.45, 7) is 3.78. The maximum Gasteiger partial charge on any atom is 0.261 e. The lowest BCUT2D eigenvalue weighted by molar-refractivity contribution is 0.0672. The van der Waals surface area contributed by atoms with Gasteiger partial charge in [-0.15, -0.1) is 6.58 Å². The lowest BCUT2D eigenvalue weighted by atomic mass is 10.2. The Morgan fingerprint density at radius 3 is 2.79 bits per heavy atom. The van der Waals surface area contributed by atoms with E-state index in [2.05, 4.69) is 6.58 Å². The number of fused-ring (bicyclic) bond motifs is 1. The summed E-state index contributed by atoms with van der Waals surface area (Å²) in [5.41, 5.74) is 0.971. The van der Waals surface area contributed by atoms with Crippen LogP contribution in [0.4, 0.5) is 0 Å². The van der Waals surface area contributed by atoms with Crippen molar-refractivity contribution in [3.63, 3.8) is 0 Å². The van der Waals surface area contributed by atoms with E-state index in [1.165, 1.54) is 4.90 Å². The van der Waals surface area contributed by atoms with Crippen molar-refractivity contribution in [1.29, 1.82) is 0 Å². The molecule has 1 aromatic rings. The van der Waals surface area contributed by atoms with Gasteiger partial charge in [0, 0.05) is 6.54 Å². The molecular weight excluding hydrogens is 180 g/mol. The van der Waals surface area contributed by atoms with Crippen LogP contribution in [0.15, 0.2) is 36.9 Å². The molecule has 3 heteroatoms. The van der Waals surface area contributed by atoms with Crippen molar-refractivity contribution in [2.45, 2.75) is 0 Å². The van der Waals surface area contributed by atoms with E-state index >= 15 is 0 Å². The maximum atomic E-state index is 11.7. The highest BCUT2D eigenvalue weighted by molar-refractivity contribution is 6.21. The highest BCUT2D eigenvalue weighted by Gasteiger charge is 2.33. The third-order valence-corrected chi connectivity index (χ3v) is 2.19. The summed E-state index contributed by atoms with van der Waals surface area (Å²) in [6, 6.07) is 6.83. The number of carbonyl (C=O) groups is 2. The molecule has 0 spiro atoms. The summed E-state index contributed by atoms with van der Waals surface area (Å²) in [5.74, 6) is -0.462. The standard InChI is InChI=1S/C11H9NO2/c1-2-7-12-10(13)8-5-3-4-6-9(8)11(12)14/h2-6H,1,7H2/i10+2. The average molecular weight is 189 g/mol. The first-order valence-electron chi connectivity index (χ1n) is 4.32. The second-order valence-corrected chi connectivity index (χ2v) is 3.06. The van der Waals surface area contributed by atoms with Gasteiger partial charge in [-0.3, -0.25) is 14.5 Å². The predicted octanol–water partition coefficient (Wildman–Crippen LogP) is 1.47. The molecule has 3 nitrogen and oxygen atoms in total. The van der Waals surface area contributed by atoms with Gasteiger partial charge in [-0.2, -0.15) is 0 Å². The Morgan fingerprint density at radius 1 is 1.43 bits per heavy atom. The second kappa shape index (κ2) is 3.10. The number of hydrogen-bond acceptors (Lipinski definition) is 2. The zero-order valence-electron chi connectivity index (χ0n) is 7.56. The van der Waals surface area contributed by atoms with Crippen LogP contribution in [-0.2, 0) is 0 Å². The fourth-order valence-electron chi connectivity index (χ4n) is 1.53. The highest BCUT2D eigenvalue weighted by atomic mass is 16.3. The van der Waals surface area contributed by atoms with Gasteiger partial charge >= 0.3 is 0 Å². The number of rotatable bonds is 2. The molecule has 0 unspecified atom stereocenters. The van der Waals surface area contributed by atoms with Crippen molar-refractivity contribution in [1.82, 2.24) is 4.90 Å². The minimum atomic E-state index is -0.231. The number of benzene rings is 1. The van der Waals surface area contributed by atoms with E-state index < -0.39 is 0 Å². The molecule has 70 valence electrons. The summed E-state index contributed by atoms with van der Waals surface area (Å²) in [5, 5.41) is 0. The van der Waals surface area contributed by atoms with Gasteiger partial charge in [-0.05, 0) is 12.1 Å². The largest absolute Gasteiger partial charge is 0.270 e. The summed E-state index contributed by atoms with van der Waals surface area (Å²) in [7, 11) is 0. The lowest BCUT2D eigenvalue weighted by Crippen LogP contribution is -2.29. The molecule has 2 amide bonds. The SMILES string of the molecule is C=CCN1C(=O)c2ccccc2[14C]1=O. The molecule has 1 heterocycles. The second-order valence-electron chi connectivity index (χ2n) is 3.06. The number of imide groups is 1. The van der Waals surface area contributed by atoms with Crippen LogP contribution in [-0.4, -0.2) is 23.3 Å². The smallest absolute Gasteiger partial charge is 0.261 e. The van der Waals surface area contributed by atoms with Crippen LogP contribution in [0.5, 0.6) is 0 Å². The molecule has 0 aromatic heterocycles. The van der Waals surface area contributed by atoms with Gasteiger partial charge in [0.1, 0.15) is 0 Å². The summed E-state index contributed by atoms with van der Waals surface area (Å²) in [6.07, 6.45) is 1.54. The Hall–Kier alpha value is -1.90. The first-order valence-corrected chi connectivity index (χ1v) is 4.32. The van der Waals surface area contributed by atoms with E-state index in [1.54, 1.807) is 30.3 Å². The number of hydrogen-bond donors (Lipinski definition) is 0. The maximum absolute atomic E-state index is 11.7. The van der Waals surface area contributed by atoms with E-state index in [4.69, 9.17) is 0 Å². The Kier molecular flexibility index (Phi) is 1.93. The summed E-state index contributed by atoms with van der Waals surface area (Å²) < 4.78 is 0. The Bertz CT molecular complexity index is 388. The molecule has 0 saturated carbocycles. The van der Waals surface area contributed by atoms with Gasteiger partial charge in [-0.25, -0.2) is 0 Å². The van der Waals surface area contributed by atoms with E-state index in [9.17, 15) is 9.59 Å². The van der Waals surface area contributed by atoms with Gasteiger partial charge in [0.05, 0.1) is 11.1 Å². The fraction of sp³-hybridized carbons (Fsp3) is 0.0909. The monoisotopic (exact) mass is 189 g/mol. The first kappa shape index (κ1) is 8.69. The van der Waals surface area contributed by atoms with E-state index in [1.807, 2.05) is 0 Å². The molecule has 0 fully saturated rings. The molecule has 0 saturated heterocycles. The Labute approximate surface area is 81.6 Å². The van der Waals surface area contributed by atoms with Crippen molar-refractivity contribution in [3.05, 3.63) is 48.0 Å². The van der Waals surface area contributed by atoms with Gasteiger partial charge in [0.2, 0.25) is 0 Å². The normalized spacial score (nSPS) is 14.4. The van der Waals surface area contributed by atoms with E-state index in [0.717, 1.165) is 0 Å². The first-order chi connectivity index (χ1) is 6.75. The van der Waals surface area contributed by atoms with Crippen molar-refractivity contribution in [2.75, 3.05) is 6.54 Å². The van der Waals surface area contributed by atoms with Crippen molar-refractivity contribution >= 4 is 11.8 Å². The highest BCUT2D eigenvalue weighted by Crippen LogP contribution is 2.21. The van der Waals surface area contributed by atoms with Crippen LogP contribution in [0.1, 0.15) is 20.7 Å². The minimum Gasteiger partial charge on any atom is -0.270 e. The van der Waals surface area contributed by atoms with Crippen molar-refractivity contribution < 1.29 is 9.59 Å². The third-order valence-electron chi connectivity index (χ3n) is 2.19. The van der Waals surface area contributed by atoms with Crippen LogP contribution in [0.2, 0.25) is 0 Å². The lowest BCUT2D eigenvalue weighted by Gasteiger charge is -2.09. The molecule has 0 aliphatic carbocycles. The zero-order chi connectivity index (χ0) is 10.1. The van der Waals surface area contributed by atoms with Crippen LogP contribution in [0, 0.1) is 0 Å². The Balaban J connectivity index is 2.48. The van der Waals surface area contributed by atoms with Crippen LogP contribution in [0.3, 0.4) is 0 Å². The van der Waals surface area contributed by atoms with Crippen molar-refractivity contribution in [2.24, 2.45) is 0 Å².